The van der Waals surface area contributed by atoms with Crippen molar-refractivity contribution in [1.82, 2.24) is 10.6 Å². The summed E-state index contributed by atoms with van der Waals surface area (Å²) in [6.07, 6.45) is -1.28. The molecule has 0 bridgehead atoms. The quantitative estimate of drug-likeness (QED) is 0.560. The largest absolute Gasteiger partial charge is 0.450 e. The van der Waals surface area contributed by atoms with Gasteiger partial charge in [0.1, 0.15) is 0 Å². The van der Waals surface area contributed by atoms with E-state index in [0.29, 0.717) is 13.2 Å². The summed E-state index contributed by atoms with van der Waals surface area (Å²) in [7, 11) is -1.22. The molecule has 8 heteroatoms. The lowest BCUT2D eigenvalue weighted by Crippen LogP contribution is -2.40. The molecular weight excluding hydrogens is 292 g/mol. The maximum absolute atomic E-state index is 11.4. The van der Waals surface area contributed by atoms with Crippen molar-refractivity contribution >= 4 is 20.3 Å². The lowest BCUT2D eigenvalue weighted by atomic mass is 10.3. The highest BCUT2D eigenvalue weighted by Gasteiger charge is 2.14. The fourth-order valence-electron chi connectivity index (χ4n) is 1.22. The Morgan fingerprint density at radius 1 is 1.05 bits per heavy atom. The van der Waals surface area contributed by atoms with Crippen LogP contribution in [0.1, 0.15) is 13.3 Å². The van der Waals surface area contributed by atoms with E-state index in [-0.39, 0.29) is 13.1 Å². The summed E-state index contributed by atoms with van der Waals surface area (Å²) in [5.74, 6) is 0. The van der Waals surface area contributed by atoms with Gasteiger partial charge in [0.15, 0.2) is 0 Å². The van der Waals surface area contributed by atoms with Gasteiger partial charge < -0.3 is 25.2 Å². The van der Waals surface area contributed by atoms with Crippen molar-refractivity contribution in [2.24, 2.45) is 0 Å². The summed E-state index contributed by atoms with van der Waals surface area (Å²) in [5.41, 5.74) is 0. The number of hydrogen-bond donors (Lipinski definition) is 3. The molecule has 0 fully saturated rings. The van der Waals surface area contributed by atoms with Crippen molar-refractivity contribution in [2.75, 3.05) is 26.3 Å². The Bertz CT molecular complexity index is 320. The molecule has 0 radical (unpaired) electrons. The first-order chi connectivity index (χ1) is 9.74. The van der Waals surface area contributed by atoms with Crippen LogP contribution in [0, 0.1) is 0 Å². The summed E-state index contributed by atoms with van der Waals surface area (Å²) >= 11 is 0. The highest BCUT2D eigenvalue weighted by Crippen LogP contribution is 2.07. The first-order valence-electron chi connectivity index (χ1n) is 7.24. The van der Waals surface area contributed by atoms with Crippen LogP contribution < -0.4 is 10.6 Å². The third kappa shape index (κ3) is 13.5. The smallest absolute Gasteiger partial charge is 0.407 e. The van der Waals surface area contributed by atoms with Crippen molar-refractivity contribution in [3.63, 3.8) is 0 Å². The number of aliphatic hydroxyl groups is 1. The number of ether oxygens (including phenoxy) is 2. The molecule has 0 spiro atoms. The van der Waals surface area contributed by atoms with Gasteiger partial charge in [-0.2, -0.15) is 0 Å². The molecule has 0 aromatic rings. The Labute approximate surface area is 127 Å². The van der Waals surface area contributed by atoms with E-state index >= 15 is 0 Å². The predicted octanol–water partition coefficient (Wildman–Crippen LogP) is 1.55. The second-order valence-electron chi connectivity index (χ2n) is 6.00. The number of alkyl carbamates (subject to hydrolysis) is 2. The lowest BCUT2D eigenvalue weighted by molar-refractivity contribution is 0.123. The van der Waals surface area contributed by atoms with E-state index < -0.39 is 26.4 Å². The van der Waals surface area contributed by atoms with Gasteiger partial charge in [0.2, 0.25) is 0 Å². The number of amides is 2. The molecular formula is C13H28N2O5Si. The molecule has 0 saturated carbocycles. The topological polar surface area (TPSA) is 96.9 Å². The minimum atomic E-state index is -1.22. The van der Waals surface area contributed by atoms with Crippen LogP contribution in [-0.4, -0.2) is 57.8 Å². The fourth-order valence-corrected chi connectivity index (χ4v) is 1.94. The number of carbonyl (C=O) groups is 2. The Morgan fingerprint density at radius 3 is 1.95 bits per heavy atom. The lowest BCUT2D eigenvalue weighted by Gasteiger charge is -2.16. The fraction of sp³-hybridized carbons (Fsp3) is 0.846. The normalized spacial score (nSPS) is 12.4. The van der Waals surface area contributed by atoms with Crippen LogP contribution in [0.2, 0.25) is 25.7 Å². The highest BCUT2D eigenvalue weighted by atomic mass is 28.3. The summed E-state index contributed by atoms with van der Waals surface area (Å²) in [4.78, 5) is 22.5. The van der Waals surface area contributed by atoms with Crippen molar-refractivity contribution in [3.05, 3.63) is 0 Å². The molecule has 2 amide bonds. The molecule has 1 unspecified atom stereocenters. The van der Waals surface area contributed by atoms with Crippen LogP contribution in [0.4, 0.5) is 9.59 Å². The van der Waals surface area contributed by atoms with E-state index in [1.807, 2.05) is 6.92 Å². The van der Waals surface area contributed by atoms with Gasteiger partial charge in [0, 0.05) is 21.2 Å². The van der Waals surface area contributed by atoms with E-state index in [1.165, 1.54) is 0 Å². The third-order valence-corrected chi connectivity index (χ3v) is 4.19. The van der Waals surface area contributed by atoms with Crippen LogP contribution >= 0.6 is 0 Å². The molecule has 0 aromatic carbocycles. The molecule has 1 atom stereocenters. The maximum atomic E-state index is 11.4. The van der Waals surface area contributed by atoms with Crippen molar-refractivity contribution in [3.8, 4) is 0 Å². The van der Waals surface area contributed by atoms with Gasteiger partial charge in [-0.1, -0.05) is 26.6 Å². The van der Waals surface area contributed by atoms with E-state index in [1.54, 1.807) is 0 Å². The van der Waals surface area contributed by atoms with Crippen LogP contribution in [0.15, 0.2) is 0 Å². The van der Waals surface area contributed by atoms with Gasteiger partial charge in [-0.05, 0) is 12.5 Å². The van der Waals surface area contributed by atoms with Gasteiger partial charge in [-0.15, -0.1) is 0 Å². The van der Waals surface area contributed by atoms with Crippen LogP contribution in [0.5, 0.6) is 0 Å². The first-order valence-corrected chi connectivity index (χ1v) is 10.9. The summed E-state index contributed by atoms with van der Waals surface area (Å²) in [5, 5.41) is 14.4. The van der Waals surface area contributed by atoms with E-state index in [0.717, 1.165) is 12.5 Å². The molecule has 124 valence electrons. The Kier molecular flexibility index (Phi) is 9.81. The molecule has 0 aliphatic rings. The van der Waals surface area contributed by atoms with Gasteiger partial charge in [0.25, 0.3) is 0 Å². The van der Waals surface area contributed by atoms with E-state index in [2.05, 4.69) is 30.3 Å². The van der Waals surface area contributed by atoms with Gasteiger partial charge >= 0.3 is 12.2 Å². The van der Waals surface area contributed by atoms with Crippen LogP contribution in [-0.2, 0) is 9.47 Å². The van der Waals surface area contributed by atoms with Gasteiger partial charge in [0.05, 0.1) is 19.3 Å². The zero-order valence-corrected chi connectivity index (χ0v) is 14.4. The molecule has 0 saturated heterocycles. The summed E-state index contributed by atoms with van der Waals surface area (Å²) < 4.78 is 9.79. The Morgan fingerprint density at radius 2 is 1.52 bits per heavy atom. The molecule has 3 N–H and O–H groups in total. The average Bonchev–Trinajstić information content (AvgIpc) is 2.39. The predicted molar refractivity (Wildman–Crippen MR) is 83.2 cm³/mol. The molecule has 0 aliphatic carbocycles. The second-order valence-corrected chi connectivity index (χ2v) is 11.6. The minimum absolute atomic E-state index is 0.0116. The molecule has 21 heavy (non-hydrogen) atoms. The van der Waals surface area contributed by atoms with Crippen molar-refractivity contribution < 1.29 is 24.2 Å². The van der Waals surface area contributed by atoms with Crippen molar-refractivity contribution in [2.45, 2.75) is 45.1 Å². The molecule has 7 nitrogen and oxygen atoms in total. The number of hydrogen-bond acceptors (Lipinski definition) is 5. The Balaban J connectivity index is 3.65. The number of aliphatic hydroxyl groups excluding tert-OH is 1. The van der Waals surface area contributed by atoms with Crippen LogP contribution in [0.25, 0.3) is 0 Å². The molecule has 0 aromatic heterocycles. The van der Waals surface area contributed by atoms with E-state index in [9.17, 15) is 14.7 Å². The number of carbonyl (C=O) groups excluding carboxylic acids is 2. The third-order valence-electron chi connectivity index (χ3n) is 2.49. The van der Waals surface area contributed by atoms with E-state index in [4.69, 9.17) is 9.47 Å². The molecule has 0 aliphatic heterocycles. The second kappa shape index (κ2) is 10.4. The SMILES string of the molecule is CCCOC(=O)NCC(O)CNC(=O)OCC[Si](C)(C)C. The minimum Gasteiger partial charge on any atom is -0.450 e. The Hall–Kier alpha value is -1.28. The summed E-state index contributed by atoms with van der Waals surface area (Å²) in [6.45, 7) is 9.23. The molecule has 0 rings (SSSR count). The molecule has 0 heterocycles. The summed E-state index contributed by atoms with van der Waals surface area (Å²) in [6, 6.07) is 0.897. The average molecular weight is 320 g/mol. The zero-order valence-electron chi connectivity index (χ0n) is 13.4. The number of nitrogens with one attached hydrogen (secondary N) is 2. The van der Waals surface area contributed by atoms with Gasteiger partial charge in [-0.25, -0.2) is 9.59 Å². The zero-order chi connectivity index (χ0) is 16.3. The first kappa shape index (κ1) is 19.7. The van der Waals surface area contributed by atoms with Gasteiger partial charge in [-0.3, -0.25) is 0 Å². The standard InChI is InChI=1S/C13H28N2O5Si/c1-5-6-19-12(17)14-9-11(16)10-15-13(18)20-7-8-21(2,3)4/h11,16H,5-10H2,1-4H3,(H,14,17)(H,15,18). The monoisotopic (exact) mass is 320 g/mol. The highest BCUT2D eigenvalue weighted by molar-refractivity contribution is 6.76. The maximum Gasteiger partial charge on any atom is 0.407 e. The van der Waals surface area contributed by atoms with Crippen LogP contribution in [0.3, 0.4) is 0 Å². The van der Waals surface area contributed by atoms with Crippen molar-refractivity contribution in [1.29, 1.82) is 0 Å². The number of rotatable bonds is 9.